The molecule has 1 aromatic heterocycles. The molecule has 0 saturated heterocycles. The number of hydrogen-bond acceptors (Lipinski definition) is 6. The van der Waals surface area contributed by atoms with Crippen molar-refractivity contribution < 1.29 is 22.8 Å². The molecule has 112 valence electrons. The van der Waals surface area contributed by atoms with Gasteiger partial charge in [0.15, 0.2) is 15.7 Å². The molecular formula is C11H8Cl2N2O5S. The Bertz CT molecular complexity index is 816. The van der Waals surface area contributed by atoms with E-state index in [9.17, 15) is 13.2 Å². The zero-order chi connectivity index (χ0) is 15.8. The number of rotatable bonds is 4. The predicted molar refractivity (Wildman–Crippen MR) is 73.3 cm³/mol. The lowest BCUT2D eigenvalue weighted by atomic mass is 10.2. The summed E-state index contributed by atoms with van der Waals surface area (Å²) in [4.78, 5) is 14.5. The van der Waals surface area contributed by atoms with Gasteiger partial charge in [-0.2, -0.15) is 4.98 Å². The third kappa shape index (κ3) is 3.17. The summed E-state index contributed by atoms with van der Waals surface area (Å²) in [6, 6.07) is 2.29. The molecule has 0 saturated carbocycles. The number of aromatic nitrogens is 2. The number of hydrogen-bond donors (Lipinski definition) is 1. The molecule has 0 aliphatic heterocycles. The van der Waals surface area contributed by atoms with Gasteiger partial charge in [0, 0.05) is 0 Å². The highest BCUT2D eigenvalue weighted by molar-refractivity contribution is 7.90. The van der Waals surface area contributed by atoms with Gasteiger partial charge in [-0.05, 0) is 19.1 Å². The molecule has 0 aliphatic carbocycles. The summed E-state index contributed by atoms with van der Waals surface area (Å²) < 4.78 is 29.3. The minimum absolute atomic E-state index is 0.115. The van der Waals surface area contributed by atoms with Crippen molar-refractivity contribution in [3.8, 4) is 0 Å². The molecular weight excluding hydrogens is 343 g/mol. The summed E-state index contributed by atoms with van der Waals surface area (Å²) in [6.07, 6.45) is 0. The minimum Gasteiger partial charge on any atom is -0.478 e. The quantitative estimate of drug-likeness (QED) is 0.900. The number of nitrogens with zero attached hydrogens (tertiary/aromatic N) is 2. The number of halogens is 2. The number of carbonyl (C=O) groups is 1. The first-order valence-corrected chi connectivity index (χ1v) is 7.86. The van der Waals surface area contributed by atoms with Crippen LogP contribution >= 0.6 is 23.2 Å². The van der Waals surface area contributed by atoms with E-state index in [2.05, 4.69) is 10.1 Å². The molecule has 1 N–H and O–H groups in total. The molecule has 0 amide bonds. The fourth-order valence-electron chi connectivity index (χ4n) is 1.61. The van der Waals surface area contributed by atoms with Crippen LogP contribution in [0.2, 0.25) is 10.0 Å². The van der Waals surface area contributed by atoms with E-state index in [1.807, 2.05) is 0 Å². The van der Waals surface area contributed by atoms with E-state index in [0.29, 0.717) is 0 Å². The predicted octanol–water partition coefficient (Wildman–Crippen LogP) is 2.36. The number of aryl methyl sites for hydroxylation is 1. The van der Waals surface area contributed by atoms with Crippen molar-refractivity contribution >= 4 is 39.0 Å². The molecule has 7 nitrogen and oxygen atoms in total. The summed E-state index contributed by atoms with van der Waals surface area (Å²) in [5, 5.41) is 11.9. The second-order valence-corrected chi connectivity index (χ2v) is 6.78. The summed E-state index contributed by atoms with van der Waals surface area (Å²) >= 11 is 11.6. The maximum atomic E-state index is 12.3. The first-order chi connectivity index (χ1) is 9.72. The van der Waals surface area contributed by atoms with Gasteiger partial charge in [-0.3, -0.25) is 0 Å². The van der Waals surface area contributed by atoms with Crippen LogP contribution in [0.15, 0.2) is 21.6 Å². The molecule has 0 fully saturated rings. The van der Waals surface area contributed by atoms with Crippen molar-refractivity contribution in [3.05, 3.63) is 39.5 Å². The SMILES string of the molecule is Cc1noc(CS(=O)(=O)c2ccc(Cl)c(C(=O)O)c2Cl)n1. The molecule has 2 rings (SSSR count). The van der Waals surface area contributed by atoms with Crippen LogP contribution < -0.4 is 0 Å². The van der Waals surface area contributed by atoms with Crippen molar-refractivity contribution in [1.82, 2.24) is 10.1 Å². The smallest absolute Gasteiger partial charge is 0.338 e. The zero-order valence-electron chi connectivity index (χ0n) is 10.5. The molecule has 21 heavy (non-hydrogen) atoms. The number of carboxylic acid groups (broad SMARTS) is 1. The van der Waals surface area contributed by atoms with E-state index >= 15 is 0 Å². The average Bonchev–Trinajstić information content (AvgIpc) is 2.72. The first kappa shape index (κ1) is 15.7. The van der Waals surface area contributed by atoms with Crippen molar-refractivity contribution in [2.24, 2.45) is 0 Å². The lowest BCUT2D eigenvalue weighted by Gasteiger charge is -2.08. The molecule has 0 unspecified atom stereocenters. The van der Waals surface area contributed by atoms with Crippen molar-refractivity contribution in [2.45, 2.75) is 17.6 Å². The number of sulfone groups is 1. The van der Waals surface area contributed by atoms with Crippen molar-refractivity contribution in [1.29, 1.82) is 0 Å². The fraction of sp³-hybridized carbons (Fsp3) is 0.182. The van der Waals surface area contributed by atoms with Crippen LogP contribution in [0.5, 0.6) is 0 Å². The van der Waals surface area contributed by atoms with Crippen molar-refractivity contribution in [3.63, 3.8) is 0 Å². The summed E-state index contributed by atoms with van der Waals surface area (Å²) in [5.74, 6) is -1.84. The van der Waals surface area contributed by atoms with Gasteiger partial charge in [-0.1, -0.05) is 28.4 Å². The van der Waals surface area contributed by atoms with Crippen LogP contribution in [-0.2, 0) is 15.6 Å². The highest BCUT2D eigenvalue weighted by atomic mass is 35.5. The molecule has 0 spiro atoms. The number of aromatic carboxylic acids is 1. The van der Waals surface area contributed by atoms with E-state index in [0.717, 1.165) is 12.1 Å². The van der Waals surface area contributed by atoms with Crippen molar-refractivity contribution in [2.75, 3.05) is 0 Å². The Hall–Kier alpha value is -1.64. The maximum Gasteiger partial charge on any atom is 0.338 e. The van der Waals surface area contributed by atoms with Gasteiger partial charge in [0.1, 0.15) is 5.75 Å². The standard InChI is InChI=1S/C11H8Cl2N2O5S/c1-5-14-8(20-15-5)4-21(18,19)7-3-2-6(12)9(10(7)13)11(16)17/h2-3H,4H2,1H3,(H,16,17). The van der Waals surface area contributed by atoms with Gasteiger partial charge in [0.2, 0.25) is 5.89 Å². The largest absolute Gasteiger partial charge is 0.478 e. The van der Waals surface area contributed by atoms with Crippen LogP contribution in [-0.4, -0.2) is 29.6 Å². The maximum absolute atomic E-state index is 12.3. The Kier molecular flexibility index (Phi) is 4.22. The van der Waals surface area contributed by atoms with E-state index in [1.165, 1.54) is 6.92 Å². The molecule has 0 aliphatic rings. The van der Waals surface area contributed by atoms with Crippen LogP contribution in [0.1, 0.15) is 22.1 Å². The van der Waals surface area contributed by atoms with Gasteiger partial charge in [0.25, 0.3) is 0 Å². The van der Waals surface area contributed by atoms with Crippen LogP contribution in [0.3, 0.4) is 0 Å². The Labute approximate surface area is 129 Å². The molecule has 1 heterocycles. The van der Waals surface area contributed by atoms with E-state index < -0.39 is 32.1 Å². The Balaban J connectivity index is 2.50. The van der Waals surface area contributed by atoms with E-state index in [1.54, 1.807) is 0 Å². The second-order valence-electron chi connectivity index (χ2n) is 4.03. The lowest BCUT2D eigenvalue weighted by molar-refractivity contribution is 0.0697. The van der Waals surface area contributed by atoms with E-state index in [-0.39, 0.29) is 21.6 Å². The molecule has 10 heteroatoms. The first-order valence-electron chi connectivity index (χ1n) is 5.45. The fourth-order valence-corrected chi connectivity index (χ4v) is 3.74. The normalized spacial score (nSPS) is 11.6. The van der Waals surface area contributed by atoms with Crippen LogP contribution in [0.4, 0.5) is 0 Å². The second kappa shape index (κ2) is 5.63. The highest BCUT2D eigenvalue weighted by Crippen LogP contribution is 2.32. The summed E-state index contributed by atoms with van der Waals surface area (Å²) in [7, 11) is -3.95. The number of carboxylic acids is 1. The lowest BCUT2D eigenvalue weighted by Crippen LogP contribution is -2.09. The zero-order valence-corrected chi connectivity index (χ0v) is 12.8. The van der Waals surface area contributed by atoms with Crippen LogP contribution in [0, 0.1) is 6.92 Å². The highest BCUT2D eigenvalue weighted by Gasteiger charge is 2.26. The molecule has 0 bridgehead atoms. The molecule has 2 aromatic rings. The van der Waals surface area contributed by atoms with Gasteiger partial charge in [-0.25, -0.2) is 13.2 Å². The van der Waals surface area contributed by atoms with Crippen LogP contribution in [0.25, 0.3) is 0 Å². The van der Waals surface area contributed by atoms with Gasteiger partial charge in [-0.15, -0.1) is 0 Å². The third-order valence-corrected chi connectivity index (χ3v) is 4.94. The summed E-state index contributed by atoms with van der Waals surface area (Å²) in [6.45, 7) is 1.54. The minimum atomic E-state index is -3.95. The Morgan fingerprint density at radius 1 is 1.38 bits per heavy atom. The Morgan fingerprint density at radius 3 is 2.57 bits per heavy atom. The third-order valence-electron chi connectivity index (χ3n) is 2.49. The van der Waals surface area contributed by atoms with E-state index in [4.69, 9.17) is 32.8 Å². The van der Waals surface area contributed by atoms with Gasteiger partial charge >= 0.3 is 5.97 Å². The number of benzene rings is 1. The van der Waals surface area contributed by atoms with Gasteiger partial charge < -0.3 is 9.63 Å². The average molecular weight is 351 g/mol. The monoisotopic (exact) mass is 350 g/mol. The molecule has 0 atom stereocenters. The Morgan fingerprint density at radius 2 is 2.05 bits per heavy atom. The summed E-state index contributed by atoms with van der Waals surface area (Å²) in [5.41, 5.74) is -0.471. The molecule has 1 aromatic carbocycles. The molecule has 0 radical (unpaired) electrons. The topological polar surface area (TPSA) is 110 Å². The van der Waals surface area contributed by atoms with Gasteiger partial charge in [0.05, 0.1) is 20.5 Å².